The Morgan fingerprint density at radius 2 is 2.05 bits per heavy atom. The predicted octanol–water partition coefficient (Wildman–Crippen LogP) is 2.17. The van der Waals surface area contributed by atoms with Crippen molar-refractivity contribution in [1.82, 2.24) is 16.1 Å². The molecule has 4 N–H and O–H groups in total. The molecule has 20 heavy (non-hydrogen) atoms. The van der Waals surface area contributed by atoms with Crippen molar-refractivity contribution in [3.8, 4) is 0 Å². The molecular formula is C13H19N3O3S. The minimum absolute atomic E-state index is 0.175. The first kappa shape index (κ1) is 14.8. The standard InChI is InChI=1S/C13H19N3O3S/c1-8(10-6-7-11(20-10)12(17)16-19)14-13(18)15-9-4-2-3-5-9/h6-9,19H,2-5H2,1H3,(H,16,17)(H2,14,15,18). The first-order valence-electron chi connectivity index (χ1n) is 6.71. The molecule has 2 rings (SSSR count). The summed E-state index contributed by atoms with van der Waals surface area (Å²) in [6, 6.07) is 3.32. The van der Waals surface area contributed by atoms with Crippen LogP contribution in [-0.2, 0) is 0 Å². The van der Waals surface area contributed by atoms with E-state index in [1.54, 1.807) is 17.6 Å². The van der Waals surface area contributed by atoms with E-state index in [1.807, 2.05) is 6.92 Å². The van der Waals surface area contributed by atoms with Gasteiger partial charge in [-0.3, -0.25) is 10.0 Å². The van der Waals surface area contributed by atoms with Crippen molar-refractivity contribution in [3.05, 3.63) is 21.9 Å². The molecule has 0 aliphatic heterocycles. The lowest BCUT2D eigenvalue weighted by Crippen LogP contribution is -2.41. The Morgan fingerprint density at radius 3 is 2.70 bits per heavy atom. The number of urea groups is 1. The van der Waals surface area contributed by atoms with Crippen LogP contribution in [0.25, 0.3) is 0 Å². The summed E-state index contributed by atoms with van der Waals surface area (Å²) in [6.07, 6.45) is 4.43. The molecule has 0 bridgehead atoms. The van der Waals surface area contributed by atoms with Gasteiger partial charge in [-0.05, 0) is 31.9 Å². The summed E-state index contributed by atoms with van der Waals surface area (Å²) in [5.74, 6) is -0.538. The van der Waals surface area contributed by atoms with Crippen LogP contribution in [0.15, 0.2) is 12.1 Å². The Hall–Kier alpha value is -1.60. The number of nitrogens with one attached hydrogen (secondary N) is 3. The van der Waals surface area contributed by atoms with Crippen molar-refractivity contribution in [2.45, 2.75) is 44.7 Å². The molecule has 3 amide bonds. The van der Waals surface area contributed by atoms with E-state index in [0.29, 0.717) is 4.88 Å². The molecule has 1 aliphatic rings. The first-order valence-corrected chi connectivity index (χ1v) is 7.53. The van der Waals surface area contributed by atoms with Crippen molar-refractivity contribution in [1.29, 1.82) is 0 Å². The number of carbonyl (C=O) groups excluding carboxylic acids is 2. The molecule has 1 saturated carbocycles. The normalized spacial score (nSPS) is 16.7. The first-order chi connectivity index (χ1) is 9.60. The maximum Gasteiger partial charge on any atom is 0.315 e. The highest BCUT2D eigenvalue weighted by atomic mass is 32.1. The lowest BCUT2D eigenvalue weighted by Gasteiger charge is -2.16. The van der Waals surface area contributed by atoms with Gasteiger partial charge in [-0.15, -0.1) is 11.3 Å². The van der Waals surface area contributed by atoms with Crippen molar-refractivity contribution < 1.29 is 14.8 Å². The third kappa shape index (κ3) is 3.71. The zero-order valence-electron chi connectivity index (χ0n) is 11.3. The Morgan fingerprint density at radius 1 is 1.35 bits per heavy atom. The largest absolute Gasteiger partial charge is 0.335 e. The van der Waals surface area contributed by atoms with Crippen LogP contribution in [-0.4, -0.2) is 23.2 Å². The Bertz CT molecular complexity index is 483. The van der Waals surface area contributed by atoms with Gasteiger partial charge in [0.25, 0.3) is 5.91 Å². The zero-order chi connectivity index (χ0) is 14.5. The topological polar surface area (TPSA) is 90.5 Å². The van der Waals surface area contributed by atoms with E-state index in [-0.39, 0.29) is 18.1 Å². The number of hydrogen-bond donors (Lipinski definition) is 4. The van der Waals surface area contributed by atoms with E-state index in [2.05, 4.69) is 10.6 Å². The average molecular weight is 297 g/mol. The van der Waals surface area contributed by atoms with Crippen molar-refractivity contribution in [2.75, 3.05) is 0 Å². The van der Waals surface area contributed by atoms with Gasteiger partial charge in [-0.1, -0.05) is 12.8 Å². The highest BCUT2D eigenvalue weighted by Crippen LogP contribution is 2.23. The maximum absolute atomic E-state index is 11.8. The molecule has 7 heteroatoms. The van der Waals surface area contributed by atoms with Crippen molar-refractivity contribution in [2.24, 2.45) is 0 Å². The molecule has 0 radical (unpaired) electrons. The lowest BCUT2D eigenvalue weighted by atomic mass is 10.2. The number of amides is 3. The van der Waals surface area contributed by atoms with E-state index in [0.717, 1.165) is 17.7 Å². The monoisotopic (exact) mass is 297 g/mol. The smallest absolute Gasteiger partial charge is 0.315 e. The molecule has 0 spiro atoms. The summed E-state index contributed by atoms with van der Waals surface area (Å²) < 4.78 is 0. The predicted molar refractivity (Wildman–Crippen MR) is 75.9 cm³/mol. The second-order valence-corrected chi connectivity index (χ2v) is 6.08. The van der Waals surface area contributed by atoms with Gasteiger partial charge in [0.1, 0.15) is 0 Å². The number of thiophene rings is 1. The second kappa shape index (κ2) is 6.71. The molecule has 1 atom stereocenters. The molecule has 1 fully saturated rings. The number of hydrogen-bond acceptors (Lipinski definition) is 4. The van der Waals surface area contributed by atoms with Crippen LogP contribution in [0.4, 0.5) is 4.79 Å². The van der Waals surface area contributed by atoms with Crippen molar-refractivity contribution >= 4 is 23.3 Å². The molecular weight excluding hydrogens is 278 g/mol. The Balaban J connectivity index is 1.87. The van der Waals surface area contributed by atoms with E-state index >= 15 is 0 Å². The highest BCUT2D eigenvalue weighted by molar-refractivity contribution is 7.14. The van der Waals surface area contributed by atoms with E-state index in [4.69, 9.17) is 5.21 Å². The molecule has 110 valence electrons. The summed E-state index contributed by atoms with van der Waals surface area (Å²) in [5, 5.41) is 14.4. The fraction of sp³-hybridized carbons (Fsp3) is 0.538. The molecule has 6 nitrogen and oxygen atoms in total. The third-order valence-electron chi connectivity index (χ3n) is 3.42. The average Bonchev–Trinajstić information content (AvgIpc) is 3.08. The summed E-state index contributed by atoms with van der Waals surface area (Å²) in [7, 11) is 0. The van der Waals surface area contributed by atoms with E-state index in [1.165, 1.54) is 24.2 Å². The van der Waals surface area contributed by atoms with Gasteiger partial charge in [0.05, 0.1) is 10.9 Å². The minimum Gasteiger partial charge on any atom is -0.335 e. The molecule has 1 heterocycles. The van der Waals surface area contributed by atoms with E-state index in [9.17, 15) is 9.59 Å². The van der Waals surface area contributed by atoms with Crippen LogP contribution in [0.3, 0.4) is 0 Å². The van der Waals surface area contributed by atoms with Crippen LogP contribution >= 0.6 is 11.3 Å². The lowest BCUT2D eigenvalue weighted by molar-refractivity contribution is 0.0711. The van der Waals surface area contributed by atoms with Gasteiger partial charge in [0.15, 0.2) is 0 Å². The van der Waals surface area contributed by atoms with Crippen LogP contribution in [0.2, 0.25) is 0 Å². The van der Waals surface area contributed by atoms with Crippen molar-refractivity contribution in [3.63, 3.8) is 0 Å². The third-order valence-corrected chi connectivity index (χ3v) is 4.68. The van der Waals surface area contributed by atoms with E-state index < -0.39 is 5.91 Å². The Labute approximate surface area is 121 Å². The van der Waals surface area contributed by atoms with Crippen LogP contribution in [0.1, 0.15) is 53.2 Å². The molecule has 0 saturated heterocycles. The maximum atomic E-state index is 11.8. The summed E-state index contributed by atoms with van der Waals surface area (Å²) >= 11 is 1.24. The van der Waals surface area contributed by atoms with Gasteiger partial charge >= 0.3 is 6.03 Å². The van der Waals surface area contributed by atoms with Gasteiger partial charge < -0.3 is 10.6 Å². The molecule has 1 aromatic heterocycles. The number of rotatable bonds is 4. The quantitative estimate of drug-likeness (QED) is 0.507. The fourth-order valence-corrected chi connectivity index (χ4v) is 3.23. The van der Waals surface area contributed by atoms with Crippen LogP contribution in [0, 0.1) is 0 Å². The summed E-state index contributed by atoms with van der Waals surface area (Å²) in [5.41, 5.74) is 1.59. The molecule has 1 aliphatic carbocycles. The van der Waals surface area contributed by atoms with Gasteiger partial charge in [0, 0.05) is 10.9 Å². The number of hydroxylamine groups is 1. The molecule has 0 aromatic carbocycles. The van der Waals surface area contributed by atoms with Gasteiger partial charge in [-0.25, -0.2) is 10.3 Å². The van der Waals surface area contributed by atoms with Gasteiger partial charge in [-0.2, -0.15) is 0 Å². The minimum atomic E-state index is -0.538. The number of carbonyl (C=O) groups is 2. The van der Waals surface area contributed by atoms with Gasteiger partial charge in [0.2, 0.25) is 0 Å². The van der Waals surface area contributed by atoms with Crippen LogP contribution in [0.5, 0.6) is 0 Å². The molecule has 1 aromatic rings. The summed E-state index contributed by atoms with van der Waals surface area (Å²) in [4.78, 5) is 24.4. The fourth-order valence-electron chi connectivity index (χ4n) is 2.33. The Kier molecular flexibility index (Phi) is 4.97. The summed E-state index contributed by atoms with van der Waals surface area (Å²) in [6.45, 7) is 1.86. The SMILES string of the molecule is CC(NC(=O)NC1CCCC1)c1ccc(C(=O)NO)s1. The zero-order valence-corrected chi connectivity index (χ0v) is 12.1. The second-order valence-electron chi connectivity index (χ2n) is 4.96. The molecule has 1 unspecified atom stereocenters. The van der Waals surface area contributed by atoms with Crippen LogP contribution < -0.4 is 16.1 Å². The highest BCUT2D eigenvalue weighted by Gasteiger charge is 2.19.